The zero-order chi connectivity index (χ0) is 9.68. The minimum atomic E-state index is -1.10. The lowest BCUT2D eigenvalue weighted by molar-refractivity contribution is -0.142. The Balaban J connectivity index is 2.22. The maximum absolute atomic E-state index is 11.0. The summed E-state index contributed by atoms with van der Waals surface area (Å²) in [6.07, 6.45) is -0.563. The van der Waals surface area contributed by atoms with E-state index in [1.54, 1.807) is 0 Å². The Morgan fingerprint density at radius 3 is 2.69 bits per heavy atom. The van der Waals surface area contributed by atoms with Gasteiger partial charge in [-0.1, -0.05) is 0 Å². The average Bonchev–Trinajstić information content (AvgIpc) is 2.04. The van der Waals surface area contributed by atoms with Crippen LogP contribution in [0.15, 0.2) is 0 Å². The summed E-state index contributed by atoms with van der Waals surface area (Å²) in [7, 11) is 0. The van der Waals surface area contributed by atoms with Gasteiger partial charge in [-0.2, -0.15) is 0 Å². The Morgan fingerprint density at radius 1 is 1.38 bits per heavy atom. The molecule has 1 aliphatic rings. The van der Waals surface area contributed by atoms with Crippen molar-refractivity contribution in [2.75, 3.05) is 19.8 Å². The molecule has 0 radical (unpaired) electrons. The number of carboxylic acid groups (broad SMARTS) is 1. The van der Waals surface area contributed by atoms with Crippen molar-refractivity contribution in [1.82, 2.24) is 0 Å². The molecule has 1 rings (SSSR count). The zero-order valence-electron chi connectivity index (χ0n) is 7.19. The van der Waals surface area contributed by atoms with Crippen LogP contribution < -0.4 is 0 Å². The molecule has 0 saturated carbocycles. The van der Waals surface area contributed by atoms with Gasteiger partial charge in [0.15, 0.2) is 0 Å². The SMILES string of the molecule is O=C(O)CC(=O)CC1COCCO1. The number of hydrogen-bond acceptors (Lipinski definition) is 4. The lowest BCUT2D eigenvalue weighted by atomic mass is 10.1. The Bertz CT molecular complexity index is 195. The van der Waals surface area contributed by atoms with Crippen molar-refractivity contribution >= 4 is 11.8 Å². The molecule has 1 atom stereocenters. The number of ketones is 1. The molecule has 1 fully saturated rings. The first-order valence-corrected chi connectivity index (χ1v) is 4.11. The fraction of sp³-hybridized carbons (Fsp3) is 0.750. The van der Waals surface area contributed by atoms with Gasteiger partial charge in [0.1, 0.15) is 12.2 Å². The van der Waals surface area contributed by atoms with Crippen LogP contribution in [-0.2, 0) is 19.1 Å². The normalized spacial score (nSPS) is 22.6. The monoisotopic (exact) mass is 188 g/mol. The van der Waals surface area contributed by atoms with Gasteiger partial charge in [-0.05, 0) is 0 Å². The van der Waals surface area contributed by atoms with Gasteiger partial charge in [0, 0.05) is 6.42 Å². The second-order valence-corrected chi connectivity index (χ2v) is 2.88. The third kappa shape index (κ3) is 4.00. The molecule has 1 aliphatic heterocycles. The molecular weight excluding hydrogens is 176 g/mol. The second-order valence-electron chi connectivity index (χ2n) is 2.88. The summed E-state index contributed by atoms with van der Waals surface area (Å²) >= 11 is 0. The fourth-order valence-corrected chi connectivity index (χ4v) is 1.15. The number of rotatable bonds is 4. The lowest BCUT2D eigenvalue weighted by Crippen LogP contribution is -2.31. The summed E-state index contributed by atoms with van der Waals surface area (Å²) in [5.74, 6) is -1.41. The number of aliphatic carboxylic acids is 1. The first kappa shape index (κ1) is 10.1. The van der Waals surface area contributed by atoms with E-state index in [2.05, 4.69) is 0 Å². The molecule has 0 aliphatic carbocycles. The molecule has 1 N–H and O–H groups in total. The highest BCUT2D eigenvalue weighted by Gasteiger charge is 2.19. The maximum Gasteiger partial charge on any atom is 0.310 e. The van der Waals surface area contributed by atoms with E-state index in [9.17, 15) is 9.59 Å². The standard InChI is InChI=1S/C8H12O5/c9-6(4-8(10)11)3-7-5-12-1-2-13-7/h7H,1-5H2,(H,10,11). The maximum atomic E-state index is 11.0. The molecule has 0 aromatic rings. The van der Waals surface area contributed by atoms with E-state index in [0.717, 1.165) is 0 Å². The highest BCUT2D eigenvalue weighted by Crippen LogP contribution is 2.06. The van der Waals surface area contributed by atoms with E-state index >= 15 is 0 Å². The van der Waals surface area contributed by atoms with Crippen LogP contribution in [-0.4, -0.2) is 42.8 Å². The van der Waals surface area contributed by atoms with E-state index in [1.165, 1.54) is 0 Å². The predicted octanol–water partition coefficient (Wildman–Crippen LogP) is -0.164. The summed E-state index contributed by atoms with van der Waals surface area (Å²) in [5, 5.41) is 8.32. The van der Waals surface area contributed by atoms with Gasteiger partial charge in [-0.3, -0.25) is 9.59 Å². The van der Waals surface area contributed by atoms with Crippen LogP contribution in [0.5, 0.6) is 0 Å². The average molecular weight is 188 g/mol. The number of carbonyl (C=O) groups is 2. The number of ether oxygens (including phenoxy) is 2. The van der Waals surface area contributed by atoms with Crippen LogP contribution in [0.3, 0.4) is 0 Å². The van der Waals surface area contributed by atoms with E-state index in [1.807, 2.05) is 0 Å². The lowest BCUT2D eigenvalue weighted by Gasteiger charge is -2.21. The minimum absolute atomic E-state index is 0.131. The van der Waals surface area contributed by atoms with Gasteiger partial charge in [0.25, 0.3) is 0 Å². The zero-order valence-corrected chi connectivity index (χ0v) is 7.19. The van der Waals surface area contributed by atoms with E-state index < -0.39 is 12.4 Å². The van der Waals surface area contributed by atoms with Crippen molar-refractivity contribution in [3.63, 3.8) is 0 Å². The van der Waals surface area contributed by atoms with Crippen LogP contribution in [0.25, 0.3) is 0 Å². The summed E-state index contributed by atoms with van der Waals surface area (Å²) in [5.41, 5.74) is 0. The van der Waals surface area contributed by atoms with Gasteiger partial charge in [-0.15, -0.1) is 0 Å². The van der Waals surface area contributed by atoms with Crippen molar-refractivity contribution < 1.29 is 24.2 Å². The molecule has 0 amide bonds. The van der Waals surface area contributed by atoms with Gasteiger partial charge >= 0.3 is 5.97 Å². The third-order valence-corrected chi connectivity index (χ3v) is 1.69. The largest absolute Gasteiger partial charge is 0.481 e. The summed E-state index contributed by atoms with van der Waals surface area (Å²) in [4.78, 5) is 21.2. The molecule has 0 bridgehead atoms. The minimum Gasteiger partial charge on any atom is -0.481 e. The summed E-state index contributed by atoms with van der Waals surface area (Å²) < 4.78 is 10.3. The van der Waals surface area contributed by atoms with Crippen LogP contribution in [0.2, 0.25) is 0 Å². The molecule has 1 unspecified atom stereocenters. The Kier molecular flexibility index (Phi) is 3.85. The van der Waals surface area contributed by atoms with E-state index in [-0.39, 0.29) is 18.3 Å². The van der Waals surface area contributed by atoms with E-state index in [0.29, 0.717) is 19.8 Å². The van der Waals surface area contributed by atoms with Crippen molar-refractivity contribution in [3.05, 3.63) is 0 Å². The molecule has 0 aromatic heterocycles. The van der Waals surface area contributed by atoms with Gasteiger partial charge in [-0.25, -0.2) is 0 Å². The number of carboxylic acids is 1. The highest BCUT2D eigenvalue weighted by atomic mass is 16.6. The van der Waals surface area contributed by atoms with Crippen molar-refractivity contribution in [2.45, 2.75) is 18.9 Å². The first-order valence-electron chi connectivity index (χ1n) is 4.11. The Hall–Kier alpha value is -0.940. The predicted molar refractivity (Wildman–Crippen MR) is 42.4 cm³/mol. The Morgan fingerprint density at radius 2 is 2.15 bits per heavy atom. The van der Waals surface area contributed by atoms with E-state index in [4.69, 9.17) is 14.6 Å². The molecule has 0 aromatic carbocycles. The van der Waals surface area contributed by atoms with Crippen LogP contribution >= 0.6 is 0 Å². The number of Topliss-reactive ketones (excluding diaryl/α,β-unsaturated/α-hetero) is 1. The molecule has 5 heteroatoms. The molecule has 1 heterocycles. The van der Waals surface area contributed by atoms with Crippen LogP contribution in [0, 0.1) is 0 Å². The Labute approximate surface area is 75.6 Å². The molecule has 13 heavy (non-hydrogen) atoms. The van der Waals surface area contributed by atoms with Gasteiger partial charge in [0.2, 0.25) is 0 Å². The highest BCUT2D eigenvalue weighted by molar-refractivity contribution is 5.94. The third-order valence-electron chi connectivity index (χ3n) is 1.69. The fourth-order valence-electron chi connectivity index (χ4n) is 1.15. The quantitative estimate of drug-likeness (QED) is 0.620. The molecule has 5 nitrogen and oxygen atoms in total. The number of hydrogen-bond donors (Lipinski definition) is 1. The molecular formula is C8H12O5. The molecule has 0 spiro atoms. The second kappa shape index (κ2) is 4.94. The van der Waals surface area contributed by atoms with Crippen molar-refractivity contribution in [1.29, 1.82) is 0 Å². The van der Waals surface area contributed by atoms with Crippen molar-refractivity contribution in [2.24, 2.45) is 0 Å². The van der Waals surface area contributed by atoms with Crippen LogP contribution in [0.1, 0.15) is 12.8 Å². The topological polar surface area (TPSA) is 72.8 Å². The summed E-state index contributed by atoms with van der Waals surface area (Å²) in [6, 6.07) is 0. The first-order chi connectivity index (χ1) is 6.18. The van der Waals surface area contributed by atoms with Crippen molar-refractivity contribution in [3.8, 4) is 0 Å². The van der Waals surface area contributed by atoms with Gasteiger partial charge < -0.3 is 14.6 Å². The molecule has 74 valence electrons. The van der Waals surface area contributed by atoms with Gasteiger partial charge in [0.05, 0.1) is 25.9 Å². The summed E-state index contributed by atoms with van der Waals surface area (Å²) in [6.45, 7) is 1.40. The number of carbonyl (C=O) groups excluding carboxylic acids is 1. The van der Waals surface area contributed by atoms with Crippen LogP contribution in [0.4, 0.5) is 0 Å². The smallest absolute Gasteiger partial charge is 0.310 e. The molecule has 1 saturated heterocycles.